The highest BCUT2D eigenvalue weighted by Gasteiger charge is 2.29. The summed E-state index contributed by atoms with van der Waals surface area (Å²) in [5, 5.41) is 19.1. The van der Waals surface area contributed by atoms with Crippen molar-refractivity contribution in [2.75, 3.05) is 31.1 Å². The fourth-order valence-electron chi connectivity index (χ4n) is 3.75. The Hall–Kier alpha value is -2.44. The number of carbonyl (C=O) groups is 1. The second-order valence-corrected chi connectivity index (χ2v) is 6.91. The summed E-state index contributed by atoms with van der Waals surface area (Å²) in [6.07, 6.45) is 0.839. The van der Waals surface area contributed by atoms with Gasteiger partial charge in [-0.25, -0.2) is 4.39 Å². The molecule has 27 heavy (non-hydrogen) atoms. The van der Waals surface area contributed by atoms with Gasteiger partial charge in [-0.05, 0) is 42.7 Å². The van der Waals surface area contributed by atoms with Crippen molar-refractivity contribution in [3.8, 4) is 0 Å². The number of para-hydroxylation sites is 1. The Morgan fingerprint density at radius 3 is 2.63 bits per heavy atom. The van der Waals surface area contributed by atoms with E-state index < -0.39 is 24.4 Å². The van der Waals surface area contributed by atoms with Crippen LogP contribution in [0.1, 0.15) is 29.2 Å². The van der Waals surface area contributed by atoms with E-state index in [0.717, 1.165) is 19.5 Å². The molecule has 0 bridgehead atoms. The van der Waals surface area contributed by atoms with Gasteiger partial charge in [-0.1, -0.05) is 24.3 Å². The Kier molecular flexibility index (Phi) is 6.08. The van der Waals surface area contributed by atoms with Gasteiger partial charge < -0.3 is 15.1 Å². The van der Waals surface area contributed by atoms with Crippen molar-refractivity contribution in [3.05, 3.63) is 65.0 Å². The summed E-state index contributed by atoms with van der Waals surface area (Å²) in [6, 6.07) is 11.5. The first-order chi connectivity index (χ1) is 13.0. The molecular formula is C21H25FN2O3. The number of anilines is 1. The topological polar surface area (TPSA) is 64.0 Å². The van der Waals surface area contributed by atoms with Gasteiger partial charge in [-0.15, -0.1) is 0 Å². The molecule has 5 nitrogen and oxygen atoms in total. The van der Waals surface area contributed by atoms with Crippen molar-refractivity contribution in [2.45, 2.75) is 26.0 Å². The fraction of sp³-hybridized carbons (Fsp3) is 0.381. The number of aliphatic carboxylic acids is 1. The normalized spacial score (nSPS) is 16.8. The van der Waals surface area contributed by atoms with Crippen LogP contribution in [0.15, 0.2) is 42.5 Å². The van der Waals surface area contributed by atoms with Gasteiger partial charge in [0.1, 0.15) is 11.9 Å². The number of carboxylic acids is 1. The van der Waals surface area contributed by atoms with Gasteiger partial charge in [0.2, 0.25) is 0 Å². The Balaban J connectivity index is 1.81. The molecule has 1 aliphatic heterocycles. The van der Waals surface area contributed by atoms with Crippen LogP contribution in [-0.2, 0) is 11.4 Å². The first kappa shape index (κ1) is 19.3. The van der Waals surface area contributed by atoms with Crippen LogP contribution in [-0.4, -0.2) is 47.3 Å². The fourth-order valence-corrected chi connectivity index (χ4v) is 3.75. The van der Waals surface area contributed by atoms with Gasteiger partial charge >= 0.3 is 5.97 Å². The highest BCUT2D eigenvalue weighted by atomic mass is 19.1. The Morgan fingerprint density at radius 1 is 1.15 bits per heavy atom. The molecule has 1 heterocycles. The predicted molar refractivity (Wildman–Crippen MR) is 102 cm³/mol. The average Bonchev–Trinajstić information content (AvgIpc) is 2.89. The van der Waals surface area contributed by atoms with Crippen LogP contribution in [0.5, 0.6) is 0 Å². The molecule has 0 spiro atoms. The molecule has 0 unspecified atom stereocenters. The largest absolute Gasteiger partial charge is 0.480 e. The summed E-state index contributed by atoms with van der Waals surface area (Å²) in [5.41, 5.74) is 3.00. The maximum absolute atomic E-state index is 13.7. The van der Waals surface area contributed by atoms with Gasteiger partial charge in [0, 0.05) is 37.4 Å². The summed E-state index contributed by atoms with van der Waals surface area (Å²) in [6.45, 7) is 4.45. The molecule has 144 valence electrons. The van der Waals surface area contributed by atoms with Crippen molar-refractivity contribution < 1.29 is 19.4 Å². The molecule has 0 radical (unpaired) electrons. The molecule has 1 aliphatic rings. The number of benzene rings is 2. The lowest BCUT2D eigenvalue weighted by molar-refractivity contribution is -0.143. The monoisotopic (exact) mass is 372 g/mol. The van der Waals surface area contributed by atoms with Crippen LogP contribution in [0.25, 0.3) is 0 Å². The van der Waals surface area contributed by atoms with Crippen LogP contribution in [0.4, 0.5) is 10.1 Å². The van der Waals surface area contributed by atoms with Crippen molar-refractivity contribution in [1.29, 1.82) is 0 Å². The number of carboxylic acid groups (broad SMARTS) is 1. The summed E-state index contributed by atoms with van der Waals surface area (Å²) >= 11 is 0. The van der Waals surface area contributed by atoms with Crippen LogP contribution < -0.4 is 4.90 Å². The van der Waals surface area contributed by atoms with Crippen molar-refractivity contribution in [3.63, 3.8) is 0 Å². The van der Waals surface area contributed by atoms with Crippen LogP contribution in [0.2, 0.25) is 0 Å². The van der Waals surface area contributed by atoms with Gasteiger partial charge in [-0.3, -0.25) is 9.69 Å². The molecule has 6 heteroatoms. The number of aryl methyl sites for hydroxylation is 1. The molecule has 1 atom stereocenters. The second kappa shape index (κ2) is 8.50. The van der Waals surface area contributed by atoms with E-state index in [1.807, 2.05) is 17.0 Å². The van der Waals surface area contributed by atoms with Crippen LogP contribution in [0, 0.1) is 12.7 Å². The maximum Gasteiger partial charge on any atom is 0.325 e. The number of halogens is 1. The minimum Gasteiger partial charge on any atom is -0.480 e. The zero-order valence-electron chi connectivity index (χ0n) is 15.4. The quantitative estimate of drug-likeness (QED) is 0.845. The van der Waals surface area contributed by atoms with E-state index in [1.54, 1.807) is 0 Å². The summed E-state index contributed by atoms with van der Waals surface area (Å²) in [4.78, 5) is 16.2. The molecule has 0 aromatic heterocycles. The second-order valence-electron chi connectivity index (χ2n) is 6.91. The third kappa shape index (κ3) is 4.28. The zero-order chi connectivity index (χ0) is 19.4. The lowest BCUT2D eigenvalue weighted by Gasteiger charge is -2.29. The Bertz CT molecular complexity index is 812. The molecule has 0 amide bonds. The first-order valence-corrected chi connectivity index (χ1v) is 9.18. The molecule has 2 N–H and O–H groups in total. The third-order valence-corrected chi connectivity index (χ3v) is 5.14. The molecule has 1 fully saturated rings. The lowest BCUT2D eigenvalue weighted by atomic mass is 10.0. The van der Waals surface area contributed by atoms with Crippen LogP contribution >= 0.6 is 0 Å². The average molecular weight is 372 g/mol. The summed E-state index contributed by atoms with van der Waals surface area (Å²) in [5.74, 6) is -1.48. The van der Waals surface area contributed by atoms with E-state index in [0.29, 0.717) is 18.7 Å². The van der Waals surface area contributed by atoms with E-state index >= 15 is 0 Å². The number of rotatable bonds is 5. The highest BCUT2D eigenvalue weighted by Crippen LogP contribution is 2.27. The van der Waals surface area contributed by atoms with E-state index in [-0.39, 0.29) is 5.56 Å². The number of hydrogen-bond acceptors (Lipinski definition) is 4. The lowest BCUT2D eigenvalue weighted by Crippen LogP contribution is -2.37. The molecule has 0 saturated carbocycles. The molecule has 2 aromatic carbocycles. The number of aliphatic hydroxyl groups excluding tert-OH is 1. The zero-order valence-corrected chi connectivity index (χ0v) is 15.4. The predicted octanol–water partition coefficient (Wildman–Crippen LogP) is 2.96. The van der Waals surface area contributed by atoms with Gasteiger partial charge in [0.05, 0.1) is 6.61 Å². The Labute approximate surface area is 158 Å². The smallest absolute Gasteiger partial charge is 0.325 e. The minimum absolute atomic E-state index is 0.120. The Morgan fingerprint density at radius 2 is 1.93 bits per heavy atom. The van der Waals surface area contributed by atoms with Crippen molar-refractivity contribution >= 4 is 11.7 Å². The molecule has 1 saturated heterocycles. The van der Waals surface area contributed by atoms with Gasteiger partial charge in [0.15, 0.2) is 0 Å². The summed E-state index contributed by atoms with van der Waals surface area (Å²) in [7, 11) is 0. The molecular weight excluding hydrogens is 347 g/mol. The van der Waals surface area contributed by atoms with E-state index in [2.05, 4.69) is 24.0 Å². The van der Waals surface area contributed by atoms with Gasteiger partial charge in [0.25, 0.3) is 0 Å². The molecule has 2 aromatic rings. The molecule has 3 rings (SSSR count). The number of nitrogens with zero attached hydrogens (tertiary/aromatic N) is 2. The van der Waals surface area contributed by atoms with Crippen LogP contribution in [0.3, 0.4) is 0 Å². The van der Waals surface area contributed by atoms with E-state index in [4.69, 9.17) is 0 Å². The first-order valence-electron chi connectivity index (χ1n) is 9.18. The minimum atomic E-state index is -0.963. The van der Waals surface area contributed by atoms with E-state index in [1.165, 1.54) is 29.4 Å². The molecule has 0 aliphatic carbocycles. The number of hydrogen-bond donors (Lipinski definition) is 2. The maximum atomic E-state index is 13.7. The van der Waals surface area contributed by atoms with Crippen molar-refractivity contribution in [2.24, 2.45) is 0 Å². The van der Waals surface area contributed by atoms with Crippen molar-refractivity contribution in [1.82, 2.24) is 4.90 Å². The standard InChI is InChI=1S/C21H25FN2O3/c1-15-5-2-3-6-19(15)23-9-4-10-24(12-11-23)20(21(26)27)16-7-8-18(22)17(13-16)14-25/h2-3,5-8,13,20,25H,4,9-12,14H2,1H3,(H,26,27)/t20-/m1/s1. The summed E-state index contributed by atoms with van der Waals surface area (Å²) < 4.78 is 13.7. The SMILES string of the molecule is Cc1ccccc1N1CCCN([C@@H](C(=O)O)c2ccc(F)c(CO)c2)CC1. The van der Waals surface area contributed by atoms with E-state index in [9.17, 15) is 19.4 Å². The van der Waals surface area contributed by atoms with Gasteiger partial charge in [-0.2, -0.15) is 0 Å². The highest BCUT2D eigenvalue weighted by molar-refractivity contribution is 5.75. The number of aliphatic hydroxyl groups is 1. The third-order valence-electron chi connectivity index (χ3n) is 5.14.